The second-order valence-electron chi connectivity index (χ2n) is 7.16. The van der Waals surface area contributed by atoms with Crippen LogP contribution in [0.5, 0.6) is 0 Å². The lowest BCUT2D eigenvalue weighted by Crippen LogP contribution is -2.35. The third-order valence-electron chi connectivity index (χ3n) is 5.29. The van der Waals surface area contributed by atoms with E-state index >= 15 is 0 Å². The van der Waals surface area contributed by atoms with Crippen LogP contribution in [0.2, 0.25) is 5.02 Å². The van der Waals surface area contributed by atoms with Crippen LogP contribution in [0.4, 0.5) is 0 Å². The van der Waals surface area contributed by atoms with E-state index in [1.54, 1.807) is 4.57 Å². The summed E-state index contributed by atoms with van der Waals surface area (Å²) in [7, 11) is -3.55. The van der Waals surface area contributed by atoms with E-state index in [-0.39, 0.29) is 34.8 Å². The zero-order valence-electron chi connectivity index (χ0n) is 14.7. The third kappa shape index (κ3) is 4.40. The number of nitrogens with one attached hydrogen (secondary N) is 1. The van der Waals surface area contributed by atoms with Crippen LogP contribution < -0.4 is 5.56 Å². The van der Waals surface area contributed by atoms with E-state index in [0.29, 0.717) is 25.4 Å². The lowest BCUT2D eigenvalue weighted by atomic mass is 9.87. The molecular formula is C16H22ClN2O6PS. The van der Waals surface area contributed by atoms with Gasteiger partial charge in [-0.2, -0.15) is 0 Å². The Kier molecular flexibility index (Phi) is 5.90. The average Bonchev–Trinajstić information content (AvgIpc) is 3.12. The van der Waals surface area contributed by atoms with Gasteiger partial charge in [0.15, 0.2) is 4.77 Å². The standard InChI is InChI=1S/C16H22ClN2O6PS/c17-12-7-19(16(27)18-15(12)20)14-6-5-11(24-14)9-23-26(21)22-8-10-3-1-2-4-13(10)25-26/h7,10-11,13-14H,1-6,8-9H2,(H,18,20,27)/t10?,11-,13?,14+,26?/m0/s1. The molecule has 8 nitrogen and oxygen atoms in total. The average molecular weight is 437 g/mol. The minimum Gasteiger partial charge on any atom is -0.352 e. The Labute approximate surface area is 166 Å². The molecule has 0 radical (unpaired) electrons. The van der Waals surface area contributed by atoms with Crippen molar-refractivity contribution in [3.8, 4) is 0 Å². The quantitative estimate of drug-likeness (QED) is 0.564. The Morgan fingerprint density at radius 2 is 2.15 bits per heavy atom. The highest BCUT2D eigenvalue weighted by molar-refractivity contribution is 7.71. The van der Waals surface area contributed by atoms with Gasteiger partial charge in [-0.3, -0.25) is 27.9 Å². The lowest BCUT2D eigenvalue weighted by molar-refractivity contribution is -0.0550. The predicted octanol–water partition coefficient (Wildman–Crippen LogP) is 3.97. The summed E-state index contributed by atoms with van der Waals surface area (Å²) in [5.74, 6) is 0.309. The smallest absolute Gasteiger partial charge is 0.352 e. The number of aromatic amines is 1. The second kappa shape index (κ2) is 8.06. The first-order valence-corrected chi connectivity index (χ1v) is 11.4. The molecule has 1 aliphatic carbocycles. The van der Waals surface area contributed by atoms with Crippen LogP contribution in [-0.2, 0) is 22.9 Å². The van der Waals surface area contributed by atoms with Gasteiger partial charge < -0.3 is 4.74 Å². The molecule has 150 valence electrons. The van der Waals surface area contributed by atoms with Crippen molar-refractivity contribution in [2.24, 2.45) is 5.92 Å². The Balaban J connectivity index is 1.34. The highest BCUT2D eigenvalue weighted by Gasteiger charge is 2.42. The Bertz CT molecular complexity index is 860. The SMILES string of the molecule is O=c1[nH]c(=S)n([C@H]2CC[C@@H](COP3(=O)OCC4CCCCC4O3)O2)cc1Cl. The molecule has 1 aromatic rings. The molecule has 0 spiro atoms. The molecule has 27 heavy (non-hydrogen) atoms. The fourth-order valence-corrected chi connectivity index (χ4v) is 5.76. The molecule has 3 fully saturated rings. The first kappa shape index (κ1) is 19.8. The van der Waals surface area contributed by atoms with Gasteiger partial charge in [0.25, 0.3) is 5.56 Å². The van der Waals surface area contributed by atoms with Crippen molar-refractivity contribution in [2.75, 3.05) is 13.2 Å². The van der Waals surface area contributed by atoms with E-state index in [0.717, 1.165) is 25.7 Å². The summed E-state index contributed by atoms with van der Waals surface area (Å²) < 4.78 is 37.1. The van der Waals surface area contributed by atoms with Gasteiger partial charge in [0.2, 0.25) is 0 Å². The molecule has 2 saturated heterocycles. The zero-order valence-corrected chi connectivity index (χ0v) is 17.1. The Morgan fingerprint density at radius 1 is 1.33 bits per heavy atom. The number of hydrogen-bond acceptors (Lipinski definition) is 7. The molecule has 3 heterocycles. The number of ether oxygens (including phenoxy) is 1. The Morgan fingerprint density at radius 3 is 3.00 bits per heavy atom. The van der Waals surface area contributed by atoms with E-state index in [2.05, 4.69) is 4.98 Å². The molecule has 0 amide bonds. The molecule has 1 aromatic heterocycles. The summed E-state index contributed by atoms with van der Waals surface area (Å²) in [6.45, 7) is 0.525. The van der Waals surface area contributed by atoms with Crippen LogP contribution in [0.25, 0.3) is 0 Å². The van der Waals surface area contributed by atoms with Gasteiger partial charge in [-0.05, 0) is 37.9 Å². The number of phosphoric ester groups is 1. The largest absolute Gasteiger partial charge is 0.475 e. The molecule has 1 saturated carbocycles. The molecule has 3 aliphatic rings. The second-order valence-corrected chi connectivity index (χ2v) is 9.58. The summed E-state index contributed by atoms with van der Waals surface area (Å²) in [5, 5.41) is 0.0439. The number of fused-ring (bicyclic) bond motifs is 1. The van der Waals surface area contributed by atoms with E-state index in [1.165, 1.54) is 6.20 Å². The van der Waals surface area contributed by atoms with Gasteiger partial charge in [-0.25, -0.2) is 4.57 Å². The summed E-state index contributed by atoms with van der Waals surface area (Å²) in [5.41, 5.74) is -0.429. The fraction of sp³-hybridized carbons (Fsp3) is 0.750. The highest BCUT2D eigenvalue weighted by Crippen LogP contribution is 2.57. The number of rotatable bonds is 4. The number of aromatic nitrogens is 2. The maximum Gasteiger partial charge on any atom is 0.475 e. The van der Waals surface area contributed by atoms with Crippen molar-refractivity contribution in [2.45, 2.75) is 57.0 Å². The summed E-state index contributed by atoms with van der Waals surface area (Å²) in [6.07, 6.45) is 6.32. The lowest BCUT2D eigenvalue weighted by Gasteiger charge is -2.38. The monoisotopic (exact) mass is 436 g/mol. The van der Waals surface area contributed by atoms with Gasteiger partial charge in [0.1, 0.15) is 11.3 Å². The summed E-state index contributed by atoms with van der Waals surface area (Å²) in [6, 6.07) is 0. The molecular weight excluding hydrogens is 415 g/mol. The van der Waals surface area contributed by atoms with Crippen molar-refractivity contribution in [3.63, 3.8) is 0 Å². The number of H-pyrrole nitrogens is 1. The minimum atomic E-state index is -3.55. The van der Waals surface area contributed by atoms with Crippen LogP contribution in [0.1, 0.15) is 44.8 Å². The summed E-state index contributed by atoms with van der Waals surface area (Å²) in [4.78, 5) is 14.0. The van der Waals surface area contributed by atoms with Crippen molar-refractivity contribution in [1.29, 1.82) is 0 Å². The fourth-order valence-electron chi connectivity index (χ4n) is 3.82. The van der Waals surface area contributed by atoms with E-state index in [4.69, 9.17) is 42.1 Å². The number of hydrogen-bond donors (Lipinski definition) is 1. The van der Waals surface area contributed by atoms with E-state index in [1.807, 2.05) is 0 Å². The van der Waals surface area contributed by atoms with Gasteiger partial charge in [0.05, 0.1) is 25.4 Å². The summed E-state index contributed by atoms with van der Waals surface area (Å²) >= 11 is 11.0. The molecule has 5 atom stereocenters. The molecule has 0 aromatic carbocycles. The van der Waals surface area contributed by atoms with Crippen LogP contribution in [-0.4, -0.2) is 35.0 Å². The van der Waals surface area contributed by atoms with Gasteiger partial charge >= 0.3 is 7.82 Å². The first-order chi connectivity index (χ1) is 12.9. The van der Waals surface area contributed by atoms with Crippen LogP contribution >= 0.6 is 31.6 Å². The normalized spacial score (nSPS) is 36.5. The number of phosphoric acid groups is 1. The Hall–Kier alpha value is -0.540. The molecule has 0 bridgehead atoms. The van der Waals surface area contributed by atoms with Crippen LogP contribution in [0, 0.1) is 10.7 Å². The molecule has 11 heteroatoms. The van der Waals surface area contributed by atoms with Crippen molar-refractivity contribution in [1.82, 2.24) is 9.55 Å². The molecule has 4 rings (SSSR count). The van der Waals surface area contributed by atoms with Crippen LogP contribution in [0.3, 0.4) is 0 Å². The highest BCUT2D eigenvalue weighted by atomic mass is 35.5. The third-order valence-corrected chi connectivity index (χ3v) is 7.33. The number of nitrogens with zero attached hydrogens (tertiary/aromatic N) is 1. The van der Waals surface area contributed by atoms with E-state index < -0.39 is 13.4 Å². The zero-order chi connectivity index (χ0) is 19.0. The van der Waals surface area contributed by atoms with Crippen LogP contribution in [0.15, 0.2) is 11.0 Å². The van der Waals surface area contributed by atoms with Crippen molar-refractivity contribution >= 4 is 31.6 Å². The van der Waals surface area contributed by atoms with Gasteiger partial charge in [-0.1, -0.05) is 24.4 Å². The predicted molar refractivity (Wildman–Crippen MR) is 100 cm³/mol. The number of halogens is 1. The maximum absolute atomic E-state index is 12.7. The molecule has 1 N–H and O–H groups in total. The molecule has 2 aliphatic heterocycles. The topological polar surface area (TPSA) is 91.8 Å². The van der Waals surface area contributed by atoms with Gasteiger partial charge in [0, 0.05) is 12.1 Å². The first-order valence-electron chi connectivity index (χ1n) is 9.17. The van der Waals surface area contributed by atoms with Gasteiger partial charge in [-0.15, -0.1) is 0 Å². The maximum atomic E-state index is 12.7. The molecule has 3 unspecified atom stereocenters. The van der Waals surface area contributed by atoms with Crippen molar-refractivity contribution < 1.29 is 22.9 Å². The van der Waals surface area contributed by atoms with E-state index in [9.17, 15) is 9.36 Å². The van der Waals surface area contributed by atoms with Crippen molar-refractivity contribution in [3.05, 3.63) is 26.3 Å². The minimum absolute atomic E-state index is 0.0439.